The van der Waals surface area contributed by atoms with E-state index in [4.69, 9.17) is 9.59 Å². The van der Waals surface area contributed by atoms with Gasteiger partial charge in [-0.1, -0.05) is 96.6 Å². The quantitative estimate of drug-likeness (QED) is 0.191. The zero-order valence-corrected chi connectivity index (χ0v) is 19.4. The van der Waals surface area contributed by atoms with Crippen LogP contribution in [0.4, 0.5) is 0 Å². The summed E-state index contributed by atoms with van der Waals surface area (Å²) in [5.74, 6) is 0.0802. The van der Waals surface area contributed by atoms with Crippen molar-refractivity contribution in [2.45, 2.75) is 20.8 Å². The van der Waals surface area contributed by atoms with Gasteiger partial charge in [-0.05, 0) is 48.6 Å². The lowest BCUT2D eigenvalue weighted by molar-refractivity contribution is -0.141. The first-order chi connectivity index (χ1) is 16.5. The summed E-state index contributed by atoms with van der Waals surface area (Å²) in [4.78, 5) is 31.7. The molecule has 0 N–H and O–H groups in total. The summed E-state index contributed by atoms with van der Waals surface area (Å²) in [6.07, 6.45) is 0. The molecule has 0 spiro atoms. The van der Waals surface area contributed by atoms with E-state index in [1.807, 2.05) is 62.4 Å². The van der Waals surface area contributed by atoms with Gasteiger partial charge in [0.25, 0.3) is 0 Å². The van der Waals surface area contributed by atoms with Crippen molar-refractivity contribution >= 4 is 18.7 Å². The van der Waals surface area contributed by atoms with E-state index in [1.165, 1.54) is 5.56 Å². The summed E-state index contributed by atoms with van der Waals surface area (Å²) in [6, 6.07) is 30.7. The van der Waals surface area contributed by atoms with Crippen LogP contribution in [0.3, 0.4) is 0 Å². The first kappa shape index (κ1) is 24.3. The maximum Gasteiger partial charge on any atom is 0.300 e. The molecule has 4 nitrogen and oxygen atoms in total. The van der Waals surface area contributed by atoms with Crippen LogP contribution in [0.5, 0.6) is 0 Å². The molecule has 34 heavy (non-hydrogen) atoms. The second-order valence-corrected chi connectivity index (χ2v) is 7.89. The van der Waals surface area contributed by atoms with Crippen LogP contribution in [0.15, 0.2) is 91.0 Å². The average Bonchev–Trinajstić information content (AvgIpc) is 2.85. The van der Waals surface area contributed by atoms with E-state index in [1.54, 1.807) is 0 Å². The van der Waals surface area contributed by atoms with Crippen molar-refractivity contribution in [3.63, 3.8) is 0 Å². The molecule has 0 unspecified atom stereocenters. The molecule has 0 amide bonds. The highest BCUT2D eigenvalue weighted by atomic mass is 16.6. The van der Waals surface area contributed by atoms with E-state index in [9.17, 15) is 4.79 Å². The molecule has 0 radical (unpaired) electrons. The SMILES string of the molecule is Cc1cc(C)c(C(=O)c2cccc(-c3ccccc3)c2-c2ccccc2)c(C)c1.O=COC=O. The van der Waals surface area contributed by atoms with Crippen LogP contribution in [-0.4, -0.2) is 18.7 Å². The molecule has 0 saturated heterocycles. The van der Waals surface area contributed by atoms with Crippen molar-refractivity contribution < 1.29 is 19.1 Å². The van der Waals surface area contributed by atoms with E-state index in [2.05, 4.69) is 54.1 Å². The van der Waals surface area contributed by atoms with Crippen LogP contribution in [0, 0.1) is 20.8 Å². The lowest BCUT2D eigenvalue weighted by Gasteiger charge is -2.17. The molecule has 0 aliphatic heterocycles. The highest BCUT2D eigenvalue weighted by Crippen LogP contribution is 2.36. The van der Waals surface area contributed by atoms with E-state index < -0.39 is 0 Å². The highest BCUT2D eigenvalue weighted by Gasteiger charge is 2.21. The molecule has 4 aromatic carbocycles. The summed E-state index contributed by atoms with van der Waals surface area (Å²) in [6.45, 7) is 6.24. The third-order valence-corrected chi connectivity index (χ3v) is 5.47. The van der Waals surface area contributed by atoms with Gasteiger partial charge in [0, 0.05) is 16.7 Å². The lowest BCUT2D eigenvalue weighted by Crippen LogP contribution is -2.09. The van der Waals surface area contributed by atoms with Crippen molar-refractivity contribution in [2.75, 3.05) is 0 Å². The number of benzene rings is 4. The maximum atomic E-state index is 13.8. The van der Waals surface area contributed by atoms with Gasteiger partial charge >= 0.3 is 12.9 Å². The standard InChI is InChI=1S/C28H24O.C2H2O3/c1-19-17-20(2)26(21(3)18-19)28(29)25-16-10-15-24(22-11-6-4-7-12-22)27(25)23-13-8-5-9-14-23;3-1-5-2-4/h4-18H,1-3H3;1-2H. The van der Waals surface area contributed by atoms with Crippen LogP contribution in [-0.2, 0) is 14.3 Å². The maximum absolute atomic E-state index is 13.8. The molecule has 170 valence electrons. The monoisotopic (exact) mass is 450 g/mol. The third-order valence-electron chi connectivity index (χ3n) is 5.47. The summed E-state index contributed by atoms with van der Waals surface area (Å²) in [5.41, 5.74) is 9.00. The molecule has 4 rings (SSSR count). The number of aryl methyl sites for hydroxylation is 3. The van der Waals surface area contributed by atoms with Crippen molar-refractivity contribution in [1.29, 1.82) is 0 Å². The van der Waals surface area contributed by atoms with Gasteiger partial charge in [0.05, 0.1) is 0 Å². The first-order valence-corrected chi connectivity index (χ1v) is 10.9. The van der Waals surface area contributed by atoms with Crippen molar-refractivity contribution in [1.82, 2.24) is 0 Å². The molecule has 0 saturated carbocycles. The van der Waals surface area contributed by atoms with Gasteiger partial charge in [0.15, 0.2) is 5.78 Å². The largest absolute Gasteiger partial charge is 0.398 e. The molecule has 0 heterocycles. The van der Waals surface area contributed by atoms with Crippen molar-refractivity contribution in [3.8, 4) is 22.3 Å². The van der Waals surface area contributed by atoms with Crippen molar-refractivity contribution in [2.24, 2.45) is 0 Å². The number of ether oxygens (including phenoxy) is 1. The highest BCUT2D eigenvalue weighted by molar-refractivity contribution is 6.16. The Morgan fingerprint density at radius 2 is 1.21 bits per heavy atom. The van der Waals surface area contributed by atoms with Crippen LogP contribution in [0.2, 0.25) is 0 Å². The van der Waals surface area contributed by atoms with E-state index in [0.29, 0.717) is 0 Å². The van der Waals surface area contributed by atoms with Gasteiger partial charge in [-0.2, -0.15) is 0 Å². The molecule has 0 aliphatic carbocycles. The fourth-order valence-corrected chi connectivity index (χ4v) is 4.21. The van der Waals surface area contributed by atoms with Gasteiger partial charge in [0.2, 0.25) is 0 Å². The number of ketones is 1. The Morgan fingerprint density at radius 3 is 1.71 bits per heavy atom. The molecule has 0 aliphatic rings. The van der Waals surface area contributed by atoms with Gasteiger partial charge < -0.3 is 4.74 Å². The number of carbonyl (C=O) groups is 3. The Morgan fingerprint density at radius 1 is 0.676 bits per heavy atom. The second kappa shape index (κ2) is 11.5. The Bertz CT molecular complexity index is 1260. The van der Waals surface area contributed by atoms with Crippen LogP contribution < -0.4 is 0 Å². The van der Waals surface area contributed by atoms with Gasteiger partial charge in [0.1, 0.15) is 0 Å². The fraction of sp³-hybridized carbons (Fsp3) is 0.100. The Balaban J connectivity index is 0.000000588. The summed E-state index contributed by atoms with van der Waals surface area (Å²) < 4.78 is 3.47. The molecule has 4 heteroatoms. The zero-order chi connectivity index (χ0) is 24.5. The minimum atomic E-state index is 0.0625. The molecule has 4 aromatic rings. The van der Waals surface area contributed by atoms with Crippen LogP contribution in [0.25, 0.3) is 22.3 Å². The molecular formula is C30H26O4. The Labute approximate surface area is 199 Å². The molecule has 0 fully saturated rings. The number of hydrogen-bond acceptors (Lipinski definition) is 4. The lowest BCUT2D eigenvalue weighted by atomic mass is 9.85. The predicted molar refractivity (Wildman–Crippen MR) is 135 cm³/mol. The molecule has 0 aromatic heterocycles. The minimum absolute atomic E-state index is 0.0625. The first-order valence-electron chi connectivity index (χ1n) is 10.9. The van der Waals surface area contributed by atoms with E-state index >= 15 is 0 Å². The van der Waals surface area contributed by atoms with E-state index in [-0.39, 0.29) is 18.7 Å². The van der Waals surface area contributed by atoms with Gasteiger partial charge in [-0.15, -0.1) is 0 Å². The van der Waals surface area contributed by atoms with Crippen LogP contribution in [0.1, 0.15) is 32.6 Å². The smallest absolute Gasteiger partial charge is 0.300 e. The predicted octanol–water partition coefficient (Wildman–Crippen LogP) is 6.49. The summed E-state index contributed by atoms with van der Waals surface area (Å²) >= 11 is 0. The average molecular weight is 451 g/mol. The zero-order valence-electron chi connectivity index (χ0n) is 19.4. The molecule has 0 bridgehead atoms. The van der Waals surface area contributed by atoms with Crippen molar-refractivity contribution in [3.05, 3.63) is 119 Å². The number of hydrogen-bond donors (Lipinski definition) is 0. The third kappa shape index (κ3) is 5.54. The second-order valence-electron chi connectivity index (χ2n) is 7.89. The Hall–Kier alpha value is -4.31. The summed E-state index contributed by atoms with van der Waals surface area (Å²) in [5, 5.41) is 0. The van der Waals surface area contributed by atoms with Gasteiger partial charge in [-0.3, -0.25) is 14.4 Å². The van der Waals surface area contributed by atoms with E-state index in [0.717, 1.165) is 44.5 Å². The normalized spacial score (nSPS) is 9.97. The minimum Gasteiger partial charge on any atom is -0.398 e. The van der Waals surface area contributed by atoms with Crippen LogP contribution >= 0.6 is 0 Å². The molecular weight excluding hydrogens is 424 g/mol. The summed E-state index contributed by atoms with van der Waals surface area (Å²) in [7, 11) is 0. The number of rotatable bonds is 6. The fourth-order valence-electron chi connectivity index (χ4n) is 4.21. The topological polar surface area (TPSA) is 60.4 Å². The molecule has 0 atom stereocenters. The van der Waals surface area contributed by atoms with Gasteiger partial charge in [-0.25, -0.2) is 0 Å². The number of carbonyl (C=O) groups excluding carboxylic acids is 3. The Kier molecular flexibility index (Phi) is 8.25.